The van der Waals surface area contributed by atoms with Crippen LogP contribution >= 0.6 is 0 Å². The minimum atomic E-state index is -0.483. The molecule has 0 aliphatic heterocycles. The first kappa shape index (κ1) is 14.9. The lowest BCUT2D eigenvalue weighted by molar-refractivity contribution is 0.0438. The van der Waals surface area contributed by atoms with E-state index in [0.29, 0.717) is 16.8 Å². The topological polar surface area (TPSA) is 84.0 Å². The van der Waals surface area contributed by atoms with Crippen molar-refractivity contribution in [1.82, 2.24) is 4.40 Å². The van der Waals surface area contributed by atoms with Crippen LogP contribution in [0.15, 0.2) is 42.6 Å². The maximum Gasteiger partial charge on any atom is 0.341 e. The Bertz CT molecular complexity index is 908. The summed E-state index contributed by atoms with van der Waals surface area (Å²) in [5.74, 6) is 0.0704. The molecular weight excluding hydrogens is 296 g/mol. The number of aliphatic hydroxyl groups is 1. The second-order valence-electron chi connectivity index (χ2n) is 4.82. The van der Waals surface area contributed by atoms with Gasteiger partial charge in [0.2, 0.25) is 0 Å². The number of ether oxygens (including phenoxy) is 2. The van der Waals surface area contributed by atoms with Gasteiger partial charge in [0.05, 0.1) is 23.2 Å². The molecule has 0 bridgehead atoms. The molecule has 0 saturated carbocycles. The summed E-state index contributed by atoms with van der Waals surface area (Å²) in [6.45, 7) is -0.310. The fourth-order valence-corrected chi connectivity index (χ4v) is 2.55. The molecule has 116 valence electrons. The van der Waals surface area contributed by atoms with Gasteiger partial charge in [0.25, 0.3) is 0 Å². The molecule has 6 heteroatoms. The molecule has 2 heterocycles. The number of hydrogen-bond donors (Lipinski definition) is 1. The lowest BCUT2D eigenvalue weighted by atomic mass is 10.1. The zero-order chi connectivity index (χ0) is 16.2. The minimum Gasteiger partial charge on any atom is -0.479 e. The van der Waals surface area contributed by atoms with Crippen molar-refractivity contribution in [3.05, 3.63) is 48.2 Å². The van der Waals surface area contributed by atoms with Crippen molar-refractivity contribution in [3.63, 3.8) is 0 Å². The van der Waals surface area contributed by atoms with Gasteiger partial charge in [-0.15, -0.1) is 0 Å². The Morgan fingerprint density at radius 2 is 2.13 bits per heavy atom. The highest BCUT2D eigenvalue weighted by Crippen LogP contribution is 2.30. The molecule has 0 unspecified atom stereocenters. The molecule has 1 N–H and O–H groups in total. The van der Waals surface area contributed by atoms with Crippen LogP contribution in [0, 0.1) is 11.3 Å². The zero-order valence-corrected chi connectivity index (χ0v) is 12.2. The Labute approximate surface area is 132 Å². The van der Waals surface area contributed by atoms with Crippen LogP contribution in [0.25, 0.3) is 16.4 Å². The molecule has 0 aliphatic carbocycles. The molecule has 23 heavy (non-hydrogen) atoms. The first-order valence-corrected chi connectivity index (χ1v) is 7.07. The Kier molecular flexibility index (Phi) is 4.13. The van der Waals surface area contributed by atoms with E-state index in [2.05, 4.69) is 0 Å². The number of aliphatic hydroxyl groups excluding tert-OH is 1. The summed E-state index contributed by atoms with van der Waals surface area (Å²) in [6, 6.07) is 12.7. The van der Waals surface area contributed by atoms with Gasteiger partial charge < -0.3 is 19.0 Å². The van der Waals surface area contributed by atoms with E-state index < -0.39 is 5.97 Å². The summed E-state index contributed by atoms with van der Waals surface area (Å²) in [4.78, 5) is 12.3. The SMILES string of the molecule is N#CCOc1ccc2c(C(=O)OCCO)c3ccccn3c2c1. The maximum absolute atomic E-state index is 12.3. The minimum absolute atomic E-state index is 0.0415. The van der Waals surface area contributed by atoms with Gasteiger partial charge in [0.15, 0.2) is 6.61 Å². The smallest absolute Gasteiger partial charge is 0.341 e. The molecule has 6 nitrogen and oxygen atoms in total. The molecule has 0 aliphatic rings. The van der Waals surface area contributed by atoms with Crippen LogP contribution in [0.2, 0.25) is 0 Å². The van der Waals surface area contributed by atoms with Gasteiger partial charge in [-0.1, -0.05) is 6.07 Å². The van der Waals surface area contributed by atoms with Gasteiger partial charge >= 0.3 is 5.97 Å². The number of hydrogen-bond acceptors (Lipinski definition) is 5. The number of nitrogens with zero attached hydrogens (tertiary/aromatic N) is 2. The van der Waals surface area contributed by atoms with E-state index in [9.17, 15) is 4.79 Å². The highest BCUT2D eigenvalue weighted by Gasteiger charge is 2.19. The van der Waals surface area contributed by atoms with Crippen LogP contribution in [0.5, 0.6) is 5.75 Å². The van der Waals surface area contributed by atoms with Crippen LogP contribution in [-0.2, 0) is 4.74 Å². The Hall–Kier alpha value is -3.04. The predicted molar refractivity (Wildman–Crippen MR) is 83.4 cm³/mol. The van der Waals surface area contributed by atoms with Gasteiger partial charge in [0, 0.05) is 17.6 Å². The highest BCUT2D eigenvalue weighted by atomic mass is 16.5. The highest BCUT2D eigenvalue weighted by molar-refractivity contribution is 6.11. The van der Waals surface area contributed by atoms with E-state index in [1.807, 2.05) is 34.9 Å². The van der Waals surface area contributed by atoms with Crippen molar-refractivity contribution in [2.45, 2.75) is 0 Å². The van der Waals surface area contributed by atoms with E-state index in [0.717, 1.165) is 10.9 Å². The number of nitriles is 1. The normalized spacial score (nSPS) is 10.6. The largest absolute Gasteiger partial charge is 0.479 e. The first-order chi connectivity index (χ1) is 11.3. The number of fused-ring (bicyclic) bond motifs is 3. The summed E-state index contributed by atoms with van der Waals surface area (Å²) in [6.07, 6.45) is 1.84. The zero-order valence-electron chi connectivity index (χ0n) is 12.2. The number of rotatable bonds is 5. The Morgan fingerprint density at radius 3 is 2.91 bits per heavy atom. The molecule has 0 fully saturated rings. The van der Waals surface area contributed by atoms with E-state index in [-0.39, 0.29) is 19.8 Å². The standard InChI is InChI=1S/C17H14N2O4/c18-6-9-22-12-4-5-13-15(11-12)19-7-2-1-3-14(19)16(13)17(21)23-10-8-20/h1-5,7,11,20H,8-10H2. The Balaban J connectivity index is 2.18. The number of esters is 1. The average Bonchev–Trinajstić information content (AvgIpc) is 2.91. The van der Waals surface area contributed by atoms with Crippen LogP contribution in [0.1, 0.15) is 10.4 Å². The molecule has 0 spiro atoms. The Morgan fingerprint density at radius 1 is 1.26 bits per heavy atom. The first-order valence-electron chi connectivity index (χ1n) is 7.07. The van der Waals surface area contributed by atoms with Gasteiger partial charge in [0.1, 0.15) is 18.4 Å². The molecule has 0 saturated heterocycles. The van der Waals surface area contributed by atoms with Crippen molar-refractivity contribution in [2.24, 2.45) is 0 Å². The quantitative estimate of drug-likeness (QED) is 0.730. The fourth-order valence-electron chi connectivity index (χ4n) is 2.55. The van der Waals surface area contributed by atoms with E-state index in [1.54, 1.807) is 18.2 Å². The summed E-state index contributed by atoms with van der Waals surface area (Å²) in [7, 11) is 0. The molecule has 3 aromatic rings. The predicted octanol–water partition coefficient (Wildman–Crippen LogP) is 2.14. The number of aromatic nitrogens is 1. The lowest BCUT2D eigenvalue weighted by Gasteiger charge is -2.03. The number of pyridine rings is 1. The van der Waals surface area contributed by atoms with Crippen LogP contribution < -0.4 is 4.74 Å². The third-order valence-corrected chi connectivity index (χ3v) is 3.45. The molecule has 0 amide bonds. The molecular formula is C17H14N2O4. The summed E-state index contributed by atoms with van der Waals surface area (Å²) >= 11 is 0. The van der Waals surface area contributed by atoms with Gasteiger partial charge in [-0.05, 0) is 24.3 Å². The number of carbonyl (C=O) groups is 1. The fraction of sp³-hybridized carbons (Fsp3) is 0.176. The summed E-state index contributed by atoms with van der Waals surface area (Å²) < 4.78 is 12.3. The van der Waals surface area contributed by atoms with Crippen molar-refractivity contribution in [1.29, 1.82) is 5.26 Å². The summed E-state index contributed by atoms with van der Waals surface area (Å²) in [5, 5.41) is 18.2. The maximum atomic E-state index is 12.3. The molecule has 2 aromatic heterocycles. The van der Waals surface area contributed by atoms with Gasteiger partial charge in [-0.25, -0.2) is 4.79 Å². The molecule has 0 atom stereocenters. The molecule has 1 aromatic carbocycles. The van der Waals surface area contributed by atoms with Crippen molar-refractivity contribution >= 4 is 22.4 Å². The van der Waals surface area contributed by atoms with Crippen molar-refractivity contribution < 1.29 is 19.4 Å². The van der Waals surface area contributed by atoms with Crippen LogP contribution in [0.3, 0.4) is 0 Å². The lowest BCUT2D eigenvalue weighted by Crippen LogP contribution is -2.08. The average molecular weight is 310 g/mol. The van der Waals surface area contributed by atoms with Gasteiger partial charge in [-0.3, -0.25) is 0 Å². The van der Waals surface area contributed by atoms with E-state index >= 15 is 0 Å². The van der Waals surface area contributed by atoms with E-state index in [4.69, 9.17) is 19.8 Å². The number of benzene rings is 1. The summed E-state index contributed by atoms with van der Waals surface area (Å²) in [5.41, 5.74) is 1.94. The van der Waals surface area contributed by atoms with Crippen molar-refractivity contribution in [2.75, 3.05) is 19.8 Å². The van der Waals surface area contributed by atoms with Crippen molar-refractivity contribution in [3.8, 4) is 11.8 Å². The third kappa shape index (κ3) is 2.70. The van der Waals surface area contributed by atoms with Gasteiger partial charge in [-0.2, -0.15) is 5.26 Å². The van der Waals surface area contributed by atoms with E-state index in [1.165, 1.54) is 0 Å². The monoisotopic (exact) mass is 310 g/mol. The second-order valence-corrected chi connectivity index (χ2v) is 4.82. The molecule has 0 radical (unpaired) electrons. The van der Waals surface area contributed by atoms with Crippen LogP contribution in [-0.4, -0.2) is 35.3 Å². The third-order valence-electron chi connectivity index (χ3n) is 3.45. The number of carbonyl (C=O) groups excluding carboxylic acids is 1. The molecule has 3 rings (SSSR count). The second kappa shape index (κ2) is 6.38. The van der Waals surface area contributed by atoms with Crippen LogP contribution in [0.4, 0.5) is 0 Å².